The zero-order chi connectivity index (χ0) is 18.2. The number of nitriles is 1. The highest BCUT2D eigenvalue weighted by atomic mass is 35.5. The normalized spacial score (nSPS) is 19.9. The molecule has 0 amide bonds. The third-order valence-electron chi connectivity index (χ3n) is 3.71. The number of hydroxylamine groups is 1. The number of benzene rings is 2. The van der Waals surface area contributed by atoms with E-state index in [1.165, 1.54) is 30.3 Å². The van der Waals surface area contributed by atoms with Gasteiger partial charge in [-0.25, -0.2) is 0 Å². The molecule has 3 nitrogen and oxygen atoms in total. The highest BCUT2D eigenvalue weighted by Crippen LogP contribution is 2.48. The Kier molecular flexibility index (Phi) is 4.41. The van der Waals surface area contributed by atoms with E-state index < -0.39 is 11.8 Å². The third-order valence-corrected chi connectivity index (χ3v) is 4.14. The van der Waals surface area contributed by atoms with Gasteiger partial charge in [0.2, 0.25) is 5.60 Å². The van der Waals surface area contributed by atoms with E-state index in [9.17, 15) is 13.2 Å². The molecule has 3 rings (SSSR count). The van der Waals surface area contributed by atoms with Crippen LogP contribution in [0, 0.1) is 11.3 Å². The van der Waals surface area contributed by atoms with Crippen LogP contribution in [0.25, 0.3) is 5.70 Å². The highest BCUT2D eigenvalue weighted by Gasteiger charge is 2.59. The van der Waals surface area contributed by atoms with E-state index in [2.05, 4.69) is 5.48 Å². The van der Waals surface area contributed by atoms with Crippen molar-refractivity contribution in [3.8, 4) is 6.07 Å². The minimum atomic E-state index is -4.76. The first kappa shape index (κ1) is 17.6. The van der Waals surface area contributed by atoms with Crippen LogP contribution in [0.1, 0.15) is 16.7 Å². The Morgan fingerprint density at radius 2 is 1.64 bits per heavy atom. The number of nitrogens with zero attached hydrogens (tertiary/aromatic N) is 1. The minimum absolute atomic E-state index is 0.0648. The van der Waals surface area contributed by atoms with Crippen molar-refractivity contribution in [2.45, 2.75) is 11.8 Å². The average Bonchev–Trinajstić information content (AvgIpc) is 3.00. The molecule has 0 aliphatic carbocycles. The lowest BCUT2D eigenvalue weighted by Crippen LogP contribution is -2.42. The average molecular weight is 385 g/mol. The molecule has 0 aromatic heterocycles. The maximum atomic E-state index is 13.8. The zero-order valence-electron chi connectivity index (χ0n) is 12.4. The standard InChI is InChI=1S/C17H9Cl2F3N2O/c18-13-5-12(6-14(19)7-13)16(17(20,21)22)8-15(24-25-16)11-3-1-10(9-23)2-4-11/h1-8,24H. The molecule has 2 aromatic rings. The number of nitrogens with one attached hydrogen (secondary N) is 1. The van der Waals surface area contributed by atoms with E-state index in [0.29, 0.717) is 11.1 Å². The topological polar surface area (TPSA) is 45.0 Å². The largest absolute Gasteiger partial charge is 0.428 e. The molecule has 1 atom stereocenters. The Bertz CT molecular complexity index is 868. The van der Waals surface area contributed by atoms with E-state index in [-0.39, 0.29) is 21.3 Å². The lowest BCUT2D eigenvalue weighted by atomic mass is 9.91. The first-order valence-corrected chi connectivity index (χ1v) is 7.71. The molecule has 0 saturated heterocycles. The van der Waals surface area contributed by atoms with Gasteiger partial charge in [0.05, 0.1) is 17.3 Å². The van der Waals surface area contributed by atoms with Gasteiger partial charge in [0, 0.05) is 15.6 Å². The number of hydrogen-bond acceptors (Lipinski definition) is 3. The summed E-state index contributed by atoms with van der Waals surface area (Å²) in [5.41, 5.74) is 0.305. The van der Waals surface area contributed by atoms with E-state index in [0.717, 1.165) is 18.2 Å². The Balaban J connectivity index is 2.11. The molecule has 1 unspecified atom stereocenters. The Morgan fingerprint density at radius 3 is 2.16 bits per heavy atom. The number of rotatable bonds is 2. The second kappa shape index (κ2) is 6.26. The molecule has 25 heavy (non-hydrogen) atoms. The molecule has 0 spiro atoms. The summed E-state index contributed by atoms with van der Waals surface area (Å²) in [4.78, 5) is 4.97. The summed E-state index contributed by atoms with van der Waals surface area (Å²) in [7, 11) is 0. The summed E-state index contributed by atoms with van der Waals surface area (Å²) in [5.74, 6) is 0. The summed E-state index contributed by atoms with van der Waals surface area (Å²) in [6.07, 6.45) is -3.83. The van der Waals surface area contributed by atoms with Crippen LogP contribution in [0.3, 0.4) is 0 Å². The summed E-state index contributed by atoms with van der Waals surface area (Å²) < 4.78 is 41.5. The van der Waals surface area contributed by atoms with Crippen molar-refractivity contribution in [2.75, 3.05) is 0 Å². The van der Waals surface area contributed by atoms with Gasteiger partial charge in [-0.05, 0) is 42.0 Å². The van der Waals surface area contributed by atoms with Crippen molar-refractivity contribution < 1.29 is 18.0 Å². The smallest absolute Gasteiger partial charge is 0.265 e. The van der Waals surface area contributed by atoms with Crippen LogP contribution in [-0.4, -0.2) is 6.18 Å². The van der Waals surface area contributed by atoms with Gasteiger partial charge < -0.3 is 0 Å². The molecule has 0 radical (unpaired) electrons. The second-order valence-corrected chi connectivity index (χ2v) is 6.22. The van der Waals surface area contributed by atoms with Gasteiger partial charge in [-0.2, -0.15) is 18.4 Å². The SMILES string of the molecule is N#Cc1ccc(C2=CC(c3cc(Cl)cc(Cl)c3)(C(F)(F)F)ON2)cc1. The molecule has 1 heterocycles. The maximum Gasteiger partial charge on any atom is 0.428 e. The Morgan fingerprint density at radius 1 is 1.04 bits per heavy atom. The minimum Gasteiger partial charge on any atom is -0.265 e. The van der Waals surface area contributed by atoms with Crippen LogP contribution in [0.4, 0.5) is 13.2 Å². The van der Waals surface area contributed by atoms with Gasteiger partial charge >= 0.3 is 6.18 Å². The fourth-order valence-electron chi connectivity index (χ4n) is 2.48. The molecular formula is C17H9Cl2F3N2O. The predicted molar refractivity (Wildman–Crippen MR) is 87.5 cm³/mol. The van der Waals surface area contributed by atoms with E-state index >= 15 is 0 Å². The molecule has 128 valence electrons. The number of hydrogen-bond donors (Lipinski definition) is 1. The maximum absolute atomic E-state index is 13.8. The zero-order valence-corrected chi connectivity index (χ0v) is 13.9. The van der Waals surface area contributed by atoms with Crippen LogP contribution in [0.5, 0.6) is 0 Å². The molecule has 2 aromatic carbocycles. The molecule has 1 aliphatic heterocycles. The molecule has 0 bridgehead atoms. The van der Waals surface area contributed by atoms with Crippen molar-refractivity contribution in [3.05, 3.63) is 75.3 Å². The predicted octanol–water partition coefficient (Wildman–Crippen LogP) is 5.20. The molecular weight excluding hydrogens is 376 g/mol. The van der Waals surface area contributed by atoms with Gasteiger partial charge in [-0.3, -0.25) is 10.3 Å². The van der Waals surface area contributed by atoms with Crippen LogP contribution in [0.15, 0.2) is 48.5 Å². The van der Waals surface area contributed by atoms with Crippen LogP contribution in [-0.2, 0) is 10.4 Å². The van der Waals surface area contributed by atoms with Gasteiger partial charge in [0.15, 0.2) is 0 Å². The second-order valence-electron chi connectivity index (χ2n) is 5.34. The summed E-state index contributed by atoms with van der Waals surface area (Å²) >= 11 is 11.7. The first-order valence-electron chi connectivity index (χ1n) is 6.96. The fourth-order valence-corrected chi connectivity index (χ4v) is 3.00. The van der Waals surface area contributed by atoms with Crippen molar-refractivity contribution >= 4 is 28.9 Å². The molecule has 1 N–H and O–H groups in total. The first-order chi connectivity index (χ1) is 11.7. The summed E-state index contributed by atoms with van der Waals surface area (Å²) in [6, 6.07) is 11.6. The quantitative estimate of drug-likeness (QED) is 0.773. The lowest BCUT2D eigenvalue weighted by molar-refractivity contribution is -0.269. The van der Waals surface area contributed by atoms with Gasteiger partial charge in [0.1, 0.15) is 0 Å². The Labute approximate surface area is 151 Å². The molecule has 1 aliphatic rings. The number of halogens is 5. The number of alkyl halides is 3. The van der Waals surface area contributed by atoms with Gasteiger partial charge in [-0.1, -0.05) is 35.3 Å². The van der Waals surface area contributed by atoms with Crippen LogP contribution < -0.4 is 5.48 Å². The molecule has 0 fully saturated rings. The van der Waals surface area contributed by atoms with Gasteiger partial charge in [0.25, 0.3) is 0 Å². The van der Waals surface area contributed by atoms with Crippen molar-refractivity contribution in [1.29, 1.82) is 5.26 Å². The summed E-state index contributed by atoms with van der Waals surface area (Å²) in [6.45, 7) is 0. The molecule has 8 heteroatoms. The monoisotopic (exact) mass is 384 g/mol. The van der Waals surface area contributed by atoms with Crippen molar-refractivity contribution in [3.63, 3.8) is 0 Å². The van der Waals surface area contributed by atoms with Crippen molar-refractivity contribution in [1.82, 2.24) is 5.48 Å². The van der Waals surface area contributed by atoms with Crippen molar-refractivity contribution in [2.24, 2.45) is 0 Å². The fraction of sp³-hybridized carbons (Fsp3) is 0.118. The van der Waals surface area contributed by atoms with E-state index in [1.807, 2.05) is 6.07 Å². The lowest BCUT2D eigenvalue weighted by Gasteiger charge is -2.28. The van der Waals surface area contributed by atoms with E-state index in [1.54, 1.807) is 0 Å². The summed E-state index contributed by atoms with van der Waals surface area (Å²) in [5, 5.41) is 8.94. The van der Waals surface area contributed by atoms with Crippen LogP contribution in [0.2, 0.25) is 10.0 Å². The third kappa shape index (κ3) is 3.19. The molecule has 0 saturated carbocycles. The highest BCUT2D eigenvalue weighted by molar-refractivity contribution is 6.34. The van der Waals surface area contributed by atoms with Crippen LogP contribution >= 0.6 is 23.2 Å². The van der Waals surface area contributed by atoms with E-state index in [4.69, 9.17) is 33.3 Å². The Hall–Kier alpha value is -2.20. The van der Waals surface area contributed by atoms with Gasteiger partial charge in [-0.15, -0.1) is 0 Å².